The van der Waals surface area contributed by atoms with Gasteiger partial charge in [0, 0.05) is 31.8 Å². The van der Waals surface area contributed by atoms with Gasteiger partial charge in [-0.3, -0.25) is 20.4 Å². The summed E-state index contributed by atoms with van der Waals surface area (Å²) >= 11 is 0. The van der Waals surface area contributed by atoms with E-state index in [0.717, 1.165) is 30.5 Å². The fourth-order valence-electron chi connectivity index (χ4n) is 4.56. The van der Waals surface area contributed by atoms with Gasteiger partial charge in [-0.05, 0) is 36.0 Å². The number of hydrogen-bond acceptors (Lipinski definition) is 4. The van der Waals surface area contributed by atoms with E-state index in [1.807, 2.05) is 30.3 Å². The van der Waals surface area contributed by atoms with Crippen LogP contribution in [0.15, 0.2) is 30.5 Å². The molecule has 3 N–H and O–H groups in total. The van der Waals surface area contributed by atoms with Crippen LogP contribution < -0.4 is 16.2 Å². The minimum absolute atomic E-state index is 0.00528. The molecule has 1 aromatic rings. The quantitative estimate of drug-likeness (QED) is 0.773. The number of fused-ring (bicyclic) bond motifs is 2. The summed E-state index contributed by atoms with van der Waals surface area (Å²) in [6.45, 7) is 2.51. The standard InChI is InChI=1S/C20H26N4O2/c1-13(25)24-10-9-14-5-2-3-7-16(14)18(24)11-19(26)22-17-8-4-6-15-12-21-23-20(15)17/h2-3,5,7,9-10,15,17-18,20-21,23H,4,6,8,11-12H2,1H3,(H,22,26). The molecule has 26 heavy (non-hydrogen) atoms. The molecule has 0 spiro atoms. The van der Waals surface area contributed by atoms with E-state index in [0.29, 0.717) is 12.0 Å². The average molecular weight is 354 g/mol. The summed E-state index contributed by atoms with van der Waals surface area (Å²) in [4.78, 5) is 26.6. The number of hydrazine groups is 1. The Morgan fingerprint density at radius 2 is 2.12 bits per heavy atom. The second kappa shape index (κ2) is 7.21. The summed E-state index contributed by atoms with van der Waals surface area (Å²) < 4.78 is 0. The van der Waals surface area contributed by atoms with Crippen molar-refractivity contribution < 1.29 is 9.59 Å². The van der Waals surface area contributed by atoms with Gasteiger partial charge < -0.3 is 10.2 Å². The first-order chi connectivity index (χ1) is 12.6. The Kier molecular flexibility index (Phi) is 4.78. The Morgan fingerprint density at radius 3 is 2.96 bits per heavy atom. The molecule has 1 aromatic carbocycles. The Balaban J connectivity index is 1.48. The number of hydrogen-bond donors (Lipinski definition) is 3. The smallest absolute Gasteiger partial charge is 0.223 e. The lowest BCUT2D eigenvalue weighted by atomic mass is 9.82. The lowest BCUT2D eigenvalue weighted by Crippen LogP contribution is -2.53. The molecule has 0 bridgehead atoms. The molecule has 1 saturated heterocycles. The van der Waals surface area contributed by atoms with Gasteiger partial charge in [0.05, 0.1) is 12.5 Å². The van der Waals surface area contributed by atoms with Gasteiger partial charge in [0.25, 0.3) is 0 Å². The molecule has 2 aliphatic heterocycles. The molecule has 2 heterocycles. The minimum atomic E-state index is -0.247. The van der Waals surface area contributed by atoms with E-state index in [9.17, 15) is 9.59 Å². The number of carbonyl (C=O) groups excluding carboxylic acids is 2. The van der Waals surface area contributed by atoms with E-state index in [-0.39, 0.29) is 30.3 Å². The maximum absolute atomic E-state index is 12.8. The molecule has 6 heteroatoms. The monoisotopic (exact) mass is 354 g/mol. The van der Waals surface area contributed by atoms with Gasteiger partial charge in [-0.15, -0.1) is 0 Å². The third-order valence-electron chi connectivity index (χ3n) is 5.86. The van der Waals surface area contributed by atoms with E-state index in [4.69, 9.17) is 0 Å². The molecule has 4 rings (SSSR count). The maximum Gasteiger partial charge on any atom is 0.223 e. The third kappa shape index (κ3) is 3.27. The largest absolute Gasteiger partial charge is 0.352 e. The fourth-order valence-corrected chi connectivity index (χ4v) is 4.56. The highest BCUT2D eigenvalue weighted by Gasteiger charge is 2.38. The van der Waals surface area contributed by atoms with Crippen molar-refractivity contribution in [2.75, 3.05) is 6.54 Å². The van der Waals surface area contributed by atoms with E-state index in [1.54, 1.807) is 18.0 Å². The summed E-state index contributed by atoms with van der Waals surface area (Å²) in [6.07, 6.45) is 7.36. The van der Waals surface area contributed by atoms with Crippen molar-refractivity contribution in [2.45, 2.75) is 50.7 Å². The van der Waals surface area contributed by atoms with Crippen LogP contribution in [0.1, 0.15) is 49.8 Å². The van der Waals surface area contributed by atoms with Crippen LogP contribution in [0.3, 0.4) is 0 Å². The van der Waals surface area contributed by atoms with Crippen molar-refractivity contribution in [3.8, 4) is 0 Å². The lowest BCUT2D eigenvalue weighted by molar-refractivity contribution is -0.130. The zero-order chi connectivity index (χ0) is 18.1. The van der Waals surface area contributed by atoms with Gasteiger partial charge in [0.15, 0.2) is 0 Å². The van der Waals surface area contributed by atoms with Crippen LogP contribution in [0.25, 0.3) is 6.08 Å². The molecule has 0 radical (unpaired) electrons. The predicted octanol–water partition coefficient (Wildman–Crippen LogP) is 1.71. The highest BCUT2D eigenvalue weighted by molar-refractivity contribution is 5.82. The Morgan fingerprint density at radius 1 is 1.27 bits per heavy atom. The summed E-state index contributed by atoms with van der Waals surface area (Å²) in [5.41, 5.74) is 8.64. The van der Waals surface area contributed by atoms with E-state index >= 15 is 0 Å². The Labute approximate surface area is 154 Å². The van der Waals surface area contributed by atoms with Gasteiger partial charge in [-0.25, -0.2) is 0 Å². The molecular formula is C20H26N4O2. The number of carbonyl (C=O) groups is 2. The predicted molar refractivity (Wildman–Crippen MR) is 99.6 cm³/mol. The van der Waals surface area contributed by atoms with Gasteiger partial charge in [0.1, 0.15) is 0 Å². The van der Waals surface area contributed by atoms with Crippen molar-refractivity contribution in [3.63, 3.8) is 0 Å². The molecule has 138 valence electrons. The normalized spacial score (nSPS) is 29.8. The number of nitrogens with zero attached hydrogens (tertiary/aromatic N) is 1. The van der Waals surface area contributed by atoms with Crippen LogP contribution in [-0.2, 0) is 9.59 Å². The Hall–Kier alpha value is -2.18. The molecule has 6 nitrogen and oxygen atoms in total. The van der Waals surface area contributed by atoms with E-state index in [2.05, 4.69) is 16.2 Å². The van der Waals surface area contributed by atoms with Gasteiger partial charge in [-0.2, -0.15) is 0 Å². The number of benzene rings is 1. The van der Waals surface area contributed by atoms with Gasteiger partial charge in [-0.1, -0.05) is 30.7 Å². The van der Waals surface area contributed by atoms with Crippen LogP contribution in [-0.4, -0.2) is 35.3 Å². The summed E-state index contributed by atoms with van der Waals surface area (Å²) in [5, 5.41) is 3.22. The topological polar surface area (TPSA) is 73.5 Å². The second-order valence-electron chi connectivity index (χ2n) is 7.51. The number of rotatable bonds is 3. The second-order valence-corrected chi connectivity index (χ2v) is 7.51. The average Bonchev–Trinajstić information content (AvgIpc) is 3.11. The van der Waals surface area contributed by atoms with Crippen molar-refractivity contribution in [1.82, 2.24) is 21.1 Å². The first kappa shape index (κ1) is 17.2. The SMILES string of the molecule is CC(=O)N1C=Cc2ccccc2C1CC(=O)NC1CCCC2CNNC21. The molecule has 4 atom stereocenters. The first-order valence-corrected chi connectivity index (χ1v) is 9.47. The summed E-state index contributed by atoms with van der Waals surface area (Å²) in [5.74, 6) is 0.541. The van der Waals surface area contributed by atoms with Crippen LogP contribution >= 0.6 is 0 Å². The van der Waals surface area contributed by atoms with Crippen molar-refractivity contribution in [2.24, 2.45) is 5.92 Å². The maximum atomic E-state index is 12.8. The van der Waals surface area contributed by atoms with Crippen LogP contribution in [0.4, 0.5) is 0 Å². The molecule has 1 aliphatic carbocycles. The Bertz CT molecular complexity index is 732. The molecule has 2 amide bonds. The highest BCUT2D eigenvalue weighted by atomic mass is 16.2. The zero-order valence-corrected chi connectivity index (χ0v) is 15.1. The lowest BCUT2D eigenvalue weighted by Gasteiger charge is -2.35. The highest BCUT2D eigenvalue weighted by Crippen LogP contribution is 2.33. The fraction of sp³-hybridized carbons (Fsp3) is 0.500. The molecule has 0 aromatic heterocycles. The van der Waals surface area contributed by atoms with Gasteiger partial charge in [0.2, 0.25) is 11.8 Å². The molecule has 3 aliphatic rings. The summed E-state index contributed by atoms with van der Waals surface area (Å²) in [6, 6.07) is 8.17. The molecular weight excluding hydrogens is 328 g/mol. The van der Waals surface area contributed by atoms with Crippen molar-refractivity contribution in [1.29, 1.82) is 0 Å². The van der Waals surface area contributed by atoms with Crippen LogP contribution in [0.2, 0.25) is 0 Å². The van der Waals surface area contributed by atoms with Gasteiger partial charge >= 0.3 is 0 Å². The van der Waals surface area contributed by atoms with E-state index < -0.39 is 0 Å². The molecule has 2 fully saturated rings. The van der Waals surface area contributed by atoms with Crippen LogP contribution in [0, 0.1) is 5.92 Å². The zero-order valence-electron chi connectivity index (χ0n) is 15.1. The molecule has 4 unspecified atom stereocenters. The number of nitrogens with one attached hydrogen (secondary N) is 3. The van der Waals surface area contributed by atoms with Crippen molar-refractivity contribution >= 4 is 17.9 Å². The molecule has 1 saturated carbocycles. The summed E-state index contributed by atoms with van der Waals surface area (Å²) in [7, 11) is 0. The third-order valence-corrected chi connectivity index (χ3v) is 5.86. The van der Waals surface area contributed by atoms with E-state index in [1.165, 1.54) is 6.42 Å². The van der Waals surface area contributed by atoms with Crippen LogP contribution in [0.5, 0.6) is 0 Å². The first-order valence-electron chi connectivity index (χ1n) is 9.47. The minimum Gasteiger partial charge on any atom is -0.352 e. The number of amides is 2. The van der Waals surface area contributed by atoms with Crippen molar-refractivity contribution in [3.05, 3.63) is 41.6 Å².